The zero-order valence-corrected chi connectivity index (χ0v) is 12.5. The summed E-state index contributed by atoms with van der Waals surface area (Å²) in [5.74, 6) is 0.706. The van der Waals surface area contributed by atoms with Crippen LogP contribution in [0, 0.1) is 5.92 Å². The molecule has 2 N–H and O–H groups in total. The van der Waals surface area contributed by atoms with Crippen molar-refractivity contribution in [3.63, 3.8) is 0 Å². The first kappa shape index (κ1) is 13.9. The summed E-state index contributed by atoms with van der Waals surface area (Å²) in [6.07, 6.45) is 1.03. The van der Waals surface area contributed by atoms with Gasteiger partial charge in [0, 0.05) is 24.0 Å². The molecule has 3 nitrogen and oxygen atoms in total. The fourth-order valence-electron chi connectivity index (χ4n) is 1.91. The van der Waals surface area contributed by atoms with E-state index in [0.717, 1.165) is 33.6 Å². The number of hydrogen-bond acceptors (Lipinski definition) is 3. The van der Waals surface area contributed by atoms with Crippen LogP contribution in [0.1, 0.15) is 29.9 Å². The summed E-state index contributed by atoms with van der Waals surface area (Å²) in [7, 11) is 1.86. The number of fused-ring (bicyclic) bond motifs is 1. The van der Waals surface area contributed by atoms with E-state index in [9.17, 15) is 4.79 Å². The van der Waals surface area contributed by atoms with E-state index in [1.165, 1.54) is 11.3 Å². The zero-order valence-electron chi connectivity index (χ0n) is 11.6. The highest BCUT2D eigenvalue weighted by Gasteiger charge is 2.15. The molecule has 1 heterocycles. The maximum Gasteiger partial charge on any atom is 0.263 e. The molecule has 0 unspecified atom stereocenters. The molecule has 2 aromatic rings. The van der Waals surface area contributed by atoms with Crippen molar-refractivity contribution < 1.29 is 4.79 Å². The third-order valence-electron chi connectivity index (χ3n) is 3.14. The molecule has 0 aliphatic rings. The Bertz CT molecular complexity index is 589. The Hall–Kier alpha value is -1.55. The molecule has 102 valence electrons. The van der Waals surface area contributed by atoms with E-state index in [1.807, 2.05) is 31.3 Å². The van der Waals surface area contributed by atoms with Crippen LogP contribution in [0.2, 0.25) is 0 Å². The first-order valence-electron chi connectivity index (χ1n) is 6.52. The Morgan fingerprint density at radius 3 is 2.79 bits per heavy atom. The van der Waals surface area contributed by atoms with E-state index in [0.29, 0.717) is 5.92 Å². The van der Waals surface area contributed by atoms with Crippen LogP contribution in [-0.2, 0) is 0 Å². The highest BCUT2D eigenvalue weighted by atomic mass is 32.1. The third-order valence-corrected chi connectivity index (χ3v) is 4.24. The quantitative estimate of drug-likeness (QED) is 0.867. The summed E-state index contributed by atoms with van der Waals surface area (Å²) in [5, 5.41) is 1.05. The minimum Gasteiger partial charge on any atom is -0.399 e. The van der Waals surface area contributed by atoms with Crippen LogP contribution >= 0.6 is 11.3 Å². The fraction of sp³-hybridized carbons (Fsp3) is 0.400. The minimum absolute atomic E-state index is 0.0976. The standard InChI is InChI=1S/C15H20N2OS/c1-10(2)6-7-17(3)15(18)14-9-11-8-12(16)4-5-13(11)19-14/h4-5,8-10H,6-7,16H2,1-3H3. The summed E-state index contributed by atoms with van der Waals surface area (Å²) >= 11 is 1.53. The van der Waals surface area contributed by atoms with Crippen molar-refractivity contribution >= 4 is 33.0 Å². The second-order valence-electron chi connectivity index (χ2n) is 5.32. The summed E-state index contributed by atoms with van der Waals surface area (Å²) < 4.78 is 1.11. The first-order valence-corrected chi connectivity index (χ1v) is 7.33. The molecule has 0 spiro atoms. The molecule has 0 radical (unpaired) electrons. The topological polar surface area (TPSA) is 46.3 Å². The lowest BCUT2D eigenvalue weighted by atomic mass is 10.1. The molecule has 2 rings (SSSR count). The number of nitrogens with zero attached hydrogens (tertiary/aromatic N) is 1. The Morgan fingerprint density at radius 2 is 2.11 bits per heavy atom. The van der Waals surface area contributed by atoms with Crippen LogP contribution < -0.4 is 5.73 Å². The Kier molecular flexibility index (Phi) is 4.10. The van der Waals surface area contributed by atoms with E-state index >= 15 is 0 Å². The summed E-state index contributed by atoms with van der Waals surface area (Å²) in [6.45, 7) is 5.13. The average Bonchev–Trinajstić information content (AvgIpc) is 2.77. The van der Waals surface area contributed by atoms with Gasteiger partial charge in [-0.1, -0.05) is 13.8 Å². The van der Waals surface area contributed by atoms with Gasteiger partial charge in [0.05, 0.1) is 4.88 Å². The van der Waals surface area contributed by atoms with Crippen molar-refractivity contribution in [3.05, 3.63) is 29.1 Å². The van der Waals surface area contributed by atoms with Crippen LogP contribution in [0.5, 0.6) is 0 Å². The summed E-state index contributed by atoms with van der Waals surface area (Å²) in [5.41, 5.74) is 6.49. The van der Waals surface area contributed by atoms with E-state index < -0.39 is 0 Å². The predicted molar refractivity (Wildman–Crippen MR) is 82.7 cm³/mol. The normalized spacial score (nSPS) is 11.2. The second-order valence-corrected chi connectivity index (χ2v) is 6.40. The van der Waals surface area contributed by atoms with Crippen molar-refractivity contribution in [1.82, 2.24) is 4.90 Å². The highest BCUT2D eigenvalue weighted by Crippen LogP contribution is 2.28. The van der Waals surface area contributed by atoms with E-state index in [1.54, 1.807) is 4.90 Å². The molecule has 1 aromatic carbocycles. The van der Waals surface area contributed by atoms with Crippen molar-refractivity contribution in [3.8, 4) is 0 Å². The molecular formula is C15H20N2OS. The number of benzene rings is 1. The zero-order chi connectivity index (χ0) is 14.0. The third kappa shape index (κ3) is 3.26. The van der Waals surface area contributed by atoms with Gasteiger partial charge in [0.1, 0.15) is 0 Å². The molecule has 0 saturated carbocycles. The maximum atomic E-state index is 12.3. The minimum atomic E-state index is 0.0976. The molecule has 0 aliphatic carbocycles. The van der Waals surface area contributed by atoms with Gasteiger partial charge in [-0.05, 0) is 42.0 Å². The molecule has 1 aromatic heterocycles. The molecule has 0 bridgehead atoms. The maximum absolute atomic E-state index is 12.3. The molecule has 0 atom stereocenters. The molecule has 19 heavy (non-hydrogen) atoms. The fourth-order valence-corrected chi connectivity index (χ4v) is 2.95. The number of nitrogens with two attached hydrogens (primary N) is 1. The molecule has 0 fully saturated rings. The van der Waals surface area contributed by atoms with Gasteiger partial charge in [-0.3, -0.25) is 4.79 Å². The van der Waals surface area contributed by atoms with E-state index in [-0.39, 0.29) is 5.91 Å². The van der Waals surface area contributed by atoms with Crippen LogP contribution in [0.3, 0.4) is 0 Å². The molecular weight excluding hydrogens is 256 g/mol. The average molecular weight is 276 g/mol. The molecule has 0 aliphatic heterocycles. The smallest absolute Gasteiger partial charge is 0.263 e. The van der Waals surface area contributed by atoms with E-state index in [2.05, 4.69) is 13.8 Å². The van der Waals surface area contributed by atoms with Gasteiger partial charge >= 0.3 is 0 Å². The van der Waals surface area contributed by atoms with Crippen LogP contribution in [0.4, 0.5) is 5.69 Å². The number of nitrogen functional groups attached to an aromatic ring is 1. The van der Waals surface area contributed by atoms with Crippen molar-refractivity contribution in [1.29, 1.82) is 0 Å². The lowest BCUT2D eigenvalue weighted by molar-refractivity contribution is 0.0794. The van der Waals surface area contributed by atoms with Crippen molar-refractivity contribution in [2.24, 2.45) is 5.92 Å². The van der Waals surface area contributed by atoms with Gasteiger partial charge in [0.15, 0.2) is 0 Å². The second kappa shape index (κ2) is 5.61. The van der Waals surface area contributed by atoms with Gasteiger partial charge in [0.25, 0.3) is 5.91 Å². The Morgan fingerprint density at radius 1 is 1.37 bits per heavy atom. The van der Waals surface area contributed by atoms with Crippen LogP contribution in [0.15, 0.2) is 24.3 Å². The lowest BCUT2D eigenvalue weighted by Crippen LogP contribution is -2.27. The monoisotopic (exact) mass is 276 g/mol. The number of amides is 1. The number of hydrogen-bond donors (Lipinski definition) is 1. The van der Waals surface area contributed by atoms with Gasteiger partial charge in [-0.2, -0.15) is 0 Å². The highest BCUT2D eigenvalue weighted by molar-refractivity contribution is 7.20. The lowest BCUT2D eigenvalue weighted by Gasteiger charge is -2.17. The largest absolute Gasteiger partial charge is 0.399 e. The van der Waals surface area contributed by atoms with E-state index in [4.69, 9.17) is 5.73 Å². The first-order chi connectivity index (χ1) is 8.97. The number of thiophene rings is 1. The van der Waals surface area contributed by atoms with Gasteiger partial charge in [-0.15, -0.1) is 11.3 Å². The van der Waals surface area contributed by atoms with Gasteiger partial charge < -0.3 is 10.6 Å². The number of rotatable bonds is 4. The summed E-state index contributed by atoms with van der Waals surface area (Å²) in [4.78, 5) is 14.9. The molecule has 1 amide bonds. The molecule has 0 saturated heterocycles. The SMILES string of the molecule is CC(C)CCN(C)C(=O)c1cc2cc(N)ccc2s1. The number of carbonyl (C=O) groups excluding carboxylic acids is 1. The van der Waals surface area contributed by atoms with Crippen LogP contribution in [-0.4, -0.2) is 24.4 Å². The van der Waals surface area contributed by atoms with Gasteiger partial charge in [-0.25, -0.2) is 0 Å². The number of carbonyl (C=O) groups is 1. The van der Waals surface area contributed by atoms with Crippen molar-refractivity contribution in [2.75, 3.05) is 19.3 Å². The Balaban J connectivity index is 2.16. The van der Waals surface area contributed by atoms with Crippen LogP contribution in [0.25, 0.3) is 10.1 Å². The summed E-state index contributed by atoms with van der Waals surface area (Å²) in [6, 6.07) is 7.69. The van der Waals surface area contributed by atoms with Gasteiger partial charge in [0.2, 0.25) is 0 Å². The van der Waals surface area contributed by atoms with Crippen molar-refractivity contribution in [2.45, 2.75) is 20.3 Å². The predicted octanol–water partition coefficient (Wildman–Crippen LogP) is 3.60. The molecule has 4 heteroatoms. The Labute approximate surface area is 118 Å². The number of anilines is 1.